The summed E-state index contributed by atoms with van der Waals surface area (Å²) in [6, 6.07) is 0. The molecule has 0 aliphatic heterocycles. The van der Waals surface area contributed by atoms with Gasteiger partial charge in [0.1, 0.15) is 6.29 Å². The van der Waals surface area contributed by atoms with Gasteiger partial charge in [-0.15, -0.1) is 0 Å². The van der Waals surface area contributed by atoms with Gasteiger partial charge in [-0.1, -0.05) is 12.2 Å². The standard InChI is InChI=1S/C10H17NO2/c1-9(5-2-3-8-12)6-4-7-10(11)13/h8H,1-7H2,(H2,11,13). The zero-order valence-corrected chi connectivity index (χ0v) is 7.92. The number of aldehydes is 1. The molecule has 0 bridgehead atoms. The third-order valence-electron chi connectivity index (χ3n) is 1.81. The molecule has 0 atom stereocenters. The van der Waals surface area contributed by atoms with Crippen molar-refractivity contribution in [2.45, 2.75) is 38.5 Å². The van der Waals surface area contributed by atoms with Crippen molar-refractivity contribution in [3.8, 4) is 0 Å². The minimum Gasteiger partial charge on any atom is -0.370 e. The van der Waals surface area contributed by atoms with E-state index in [0.717, 1.165) is 37.5 Å². The van der Waals surface area contributed by atoms with Gasteiger partial charge in [-0.05, 0) is 25.7 Å². The molecule has 13 heavy (non-hydrogen) atoms. The number of unbranched alkanes of at least 4 members (excludes halogenated alkanes) is 1. The fourth-order valence-electron chi connectivity index (χ4n) is 1.07. The van der Waals surface area contributed by atoms with Crippen LogP contribution in [0.4, 0.5) is 0 Å². The lowest BCUT2D eigenvalue weighted by molar-refractivity contribution is -0.118. The van der Waals surface area contributed by atoms with Crippen molar-refractivity contribution >= 4 is 12.2 Å². The van der Waals surface area contributed by atoms with E-state index < -0.39 is 0 Å². The molecular formula is C10H17NO2. The van der Waals surface area contributed by atoms with E-state index in [-0.39, 0.29) is 5.91 Å². The summed E-state index contributed by atoms with van der Waals surface area (Å²) in [5, 5.41) is 0. The molecule has 0 aliphatic carbocycles. The second-order valence-corrected chi connectivity index (χ2v) is 3.13. The summed E-state index contributed by atoms with van der Waals surface area (Å²) in [5.41, 5.74) is 6.09. The minimum atomic E-state index is -0.263. The Morgan fingerprint density at radius 1 is 1.23 bits per heavy atom. The van der Waals surface area contributed by atoms with Crippen LogP contribution in [0.15, 0.2) is 12.2 Å². The number of amides is 1. The van der Waals surface area contributed by atoms with Gasteiger partial charge in [0.15, 0.2) is 0 Å². The smallest absolute Gasteiger partial charge is 0.217 e. The lowest BCUT2D eigenvalue weighted by atomic mass is 10.0. The van der Waals surface area contributed by atoms with Crippen molar-refractivity contribution in [3.63, 3.8) is 0 Å². The molecule has 0 rings (SSSR count). The second kappa shape index (κ2) is 7.53. The fourth-order valence-corrected chi connectivity index (χ4v) is 1.07. The average Bonchev–Trinajstić information content (AvgIpc) is 2.04. The van der Waals surface area contributed by atoms with Crippen LogP contribution in [-0.4, -0.2) is 12.2 Å². The van der Waals surface area contributed by atoms with E-state index in [1.807, 2.05) is 0 Å². The summed E-state index contributed by atoms with van der Waals surface area (Å²) in [5.74, 6) is -0.263. The molecule has 0 aromatic rings. The predicted octanol–water partition coefficient (Wildman–Crippen LogP) is 1.57. The molecular weight excluding hydrogens is 166 g/mol. The third kappa shape index (κ3) is 8.79. The number of carbonyl (C=O) groups excluding carboxylic acids is 2. The van der Waals surface area contributed by atoms with E-state index in [0.29, 0.717) is 12.8 Å². The highest BCUT2D eigenvalue weighted by Crippen LogP contribution is 2.11. The molecule has 0 saturated carbocycles. The Morgan fingerprint density at radius 2 is 1.85 bits per heavy atom. The summed E-state index contributed by atoms with van der Waals surface area (Å²) in [7, 11) is 0. The maximum Gasteiger partial charge on any atom is 0.217 e. The normalized spacial score (nSPS) is 9.54. The number of carbonyl (C=O) groups is 2. The Labute approximate surface area is 79.0 Å². The first kappa shape index (κ1) is 11.9. The van der Waals surface area contributed by atoms with Crippen LogP contribution >= 0.6 is 0 Å². The molecule has 0 radical (unpaired) electrons. The molecule has 3 nitrogen and oxygen atoms in total. The van der Waals surface area contributed by atoms with Crippen LogP contribution in [-0.2, 0) is 9.59 Å². The van der Waals surface area contributed by atoms with E-state index in [2.05, 4.69) is 6.58 Å². The Balaban J connectivity index is 3.30. The van der Waals surface area contributed by atoms with Gasteiger partial charge in [-0.3, -0.25) is 4.79 Å². The fraction of sp³-hybridized carbons (Fsp3) is 0.600. The first-order chi connectivity index (χ1) is 6.16. The number of rotatable bonds is 8. The monoisotopic (exact) mass is 183 g/mol. The zero-order chi connectivity index (χ0) is 10.1. The molecule has 0 heterocycles. The molecule has 0 saturated heterocycles. The molecule has 0 spiro atoms. The Hall–Kier alpha value is -1.12. The largest absolute Gasteiger partial charge is 0.370 e. The van der Waals surface area contributed by atoms with E-state index in [9.17, 15) is 9.59 Å². The van der Waals surface area contributed by atoms with Crippen LogP contribution in [0.1, 0.15) is 38.5 Å². The van der Waals surface area contributed by atoms with Gasteiger partial charge in [-0.2, -0.15) is 0 Å². The molecule has 1 amide bonds. The number of hydrogen-bond donors (Lipinski definition) is 1. The number of nitrogens with two attached hydrogens (primary N) is 1. The lowest BCUT2D eigenvalue weighted by Gasteiger charge is -2.02. The van der Waals surface area contributed by atoms with Gasteiger partial charge in [0.2, 0.25) is 5.91 Å². The highest BCUT2D eigenvalue weighted by molar-refractivity contribution is 5.73. The molecule has 74 valence electrons. The lowest BCUT2D eigenvalue weighted by Crippen LogP contribution is -2.09. The molecule has 0 unspecified atom stereocenters. The topological polar surface area (TPSA) is 60.2 Å². The summed E-state index contributed by atoms with van der Waals surface area (Å²) in [4.78, 5) is 20.4. The van der Waals surface area contributed by atoms with Gasteiger partial charge < -0.3 is 10.5 Å². The van der Waals surface area contributed by atoms with Gasteiger partial charge in [0.05, 0.1) is 0 Å². The van der Waals surface area contributed by atoms with Crippen molar-refractivity contribution in [2.24, 2.45) is 5.73 Å². The maximum absolute atomic E-state index is 10.4. The second-order valence-electron chi connectivity index (χ2n) is 3.13. The van der Waals surface area contributed by atoms with Crippen molar-refractivity contribution < 1.29 is 9.59 Å². The third-order valence-corrected chi connectivity index (χ3v) is 1.81. The van der Waals surface area contributed by atoms with Crippen LogP contribution in [0, 0.1) is 0 Å². The molecule has 0 aromatic carbocycles. The van der Waals surface area contributed by atoms with Gasteiger partial charge >= 0.3 is 0 Å². The summed E-state index contributed by atoms with van der Waals surface area (Å²) >= 11 is 0. The minimum absolute atomic E-state index is 0.263. The van der Waals surface area contributed by atoms with Gasteiger partial charge in [0.25, 0.3) is 0 Å². The number of hydrogen-bond acceptors (Lipinski definition) is 2. The van der Waals surface area contributed by atoms with E-state index in [1.165, 1.54) is 0 Å². The Morgan fingerprint density at radius 3 is 2.38 bits per heavy atom. The first-order valence-electron chi connectivity index (χ1n) is 4.55. The van der Waals surface area contributed by atoms with Gasteiger partial charge in [0, 0.05) is 12.8 Å². The highest BCUT2D eigenvalue weighted by atomic mass is 16.1. The van der Waals surface area contributed by atoms with Crippen molar-refractivity contribution in [2.75, 3.05) is 0 Å². The van der Waals surface area contributed by atoms with E-state index >= 15 is 0 Å². The molecule has 3 heteroatoms. The highest BCUT2D eigenvalue weighted by Gasteiger charge is 1.97. The van der Waals surface area contributed by atoms with E-state index in [1.54, 1.807) is 0 Å². The first-order valence-corrected chi connectivity index (χ1v) is 4.55. The van der Waals surface area contributed by atoms with Crippen LogP contribution in [0.5, 0.6) is 0 Å². The van der Waals surface area contributed by atoms with Crippen molar-refractivity contribution in [1.82, 2.24) is 0 Å². The van der Waals surface area contributed by atoms with Gasteiger partial charge in [-0.25, -0.2) is 0 Å². The Kier molecular flexibility index (Phi) is 6.88. The molecule has 0 aromatic heterocycles. The summed E-state index contributed by atoms with van der Waals surface area (Å²) in [6.45, 7) is 3.86. The Bertz CT molecular complexity index is 187. The molecule has 0 aliphatic rings. The van der Waals surface area contributed by atoms with Crippen LogP contribution in [0.3, 0.4) is 0 Å². The van der Waals surface area contributed by atoms with Crippen molar-refractivity contribution in [3.05, 3.63) is 12.2 Å². The zero-order valence-electron chi connectivity index (χ0n) is 7.92. The van der Waals surface area contributed by atoms with Crippen LogP contribution in [0.2, 0.25) is 0 Å². The van der Waals surface area contributed by atoms with Crippen LogP contribution in [0.25, 0.3) is 0 Å². The maximum atomic E-state index is 10.4. The number of primary amides is 1. The van der Waals surface area contributed by atoms with Crippen molar-refractivity contribution in [1.29, 1.82) is 0 Å². The van der Waals surface area contributed by atoms with Crippen LogP contribution < -0.4 is 5.73 Å². The molecule has 0 fully saturated rings. The SMILES string of the molecule is C=C(CCCC=O)CCCC(N)=O. The number of allylic oxidation sites excluding steroid dienone is 1. The van der Waals surface area contributed by atoms with E-state index in [4.69, 9.17) is 5.73 Å². The molecule has 2 N–H and O–H groups in total. The summed E-state index contributed by atoms with van der Waals surface area (Å²) < 4.78 is 0. The predicted molar refractivity (Wildman–Crippen MR) is 52.1 cm³/mol. The summed E-state index contributed by atoms with van der Waals surface area (Å²) in [6.07, 6.45) is 5.27. The average molecular weight is 183 g/mol. The quantitative estimate of drug-likeness (QED) is 0.353.